The number of halogens is 1. The number of hydrogen-bond acceptors (Lipinski definition) is 3. The molecule has 1 N–H and O–H groups in total. The molecule has 2 saturated heterocycles. The summed E-state index contributed by atoms with van der Waals surface area (Å²) >= 11 is 3.47. The molecule has 0 aliphatic carbocycles. The van der Waals surface area contributed by atoms with Gasteiger partial charge in [0.2, 0.25) is 0 Å². The summed E-state index contributed by atoms with van der Waals surface area (Å²) in [5.41, 5.74) is 0.669. The monoisotopic (exact) mass is 352 g/mol. The second kappa shape index (κ2) is 5.97. The van der Waals surface area contributed by atoms with E-state index in [1.807, 2.05) is 24.1 Å². The van der Waals surface area contributed by atoms with Crippen molar-refractivity contribution in [3.8, 4) is 5.75 Å². The second-order valence-corrected chi connectivity index (χ2v) is 6.88. The van der Waals surface area contributed by atoms with E-state index < -0.39 is 0 Å². The Bertz CT molecular complexity index is 537. The average molecular weight is 353 g/mol. The Hall–Kier alpha value is -1.07. The number of amides is 1. The Labute approximate surface area is 134 Å². The van der Waals surface area contributed by atoms with E-state index in [9.17, 15) is 4.79 Å². The Morgan fingerprint density at radius 3 is 2.62 bits per heavy atom. The molecule has 5 heteroatoms. The lowest BCUT2D eigenvalue weighted by molar-refractivity contribution is 0.0680. The van der Waals surface area contributed by atoms with Crippen molar-refractivity contribution in [2.24, 2.45) is 0 Å². The van der Waals surface area contributed by atoms with Crippen LogP contribution in [0.25, 0.3) is 0 Å². The van der Waals surface area contributed by atoms with E-state index in [1.54, 1.807) is 13.2 Å². The first-order valence-corrected chi connectivity index (χ1v) is 8.24. The number of hydrogen-bond donors (Lipinski definition) is 1. The number of methoxy groups -OCH3 is 1. The minimum atomic E-state index is 0.0621. The van der Waals surface area contributed by atoms with Crippen LogP contribution in [0.3, 0.4) is 0 Å². The van der Waals surface area contributed by atoms with Gasteiger partial charge in [0.15, 0.2) is 0 Å². The van der Waals surface area contributed by atoms with Crippen LogP contribution >= 0.6 is 15.9 Å². The van der Waals surface area contributed by atoms with Crippen molar-refractivity contribution in [3.63, 3.8) is 0 Å². The van der Waals surface area contributed by atoms with Gasteiger partial charge in [-0.25, -0.2) is 0 Å². The van der Waals surface area contributed by atoms with Crippen molar-refractivity contribution < 1.29 is 9.53 Å². The Kier molecular flexibility index (Phi) is 4.22. The van der Waals surface area contributed by atoms with Crippen LogP contribution in [0.15, 0.2) is 22.7 Å². The van der Waals surface area contributed by atoms with Crippen LogP contribution in [0.1, 0.15) is 36.0 Å². The van der Waals surface area contributed by atoms with Crippen molar-refractivity contribution in [2.75, 3.05) is 14.2 Å². The molecule has 1 aromatic rings. The molecule has 114 valence electrons. The number of carbonyl (C=O) groups is 1. The molecule has 2 atom stereocenters. The zero-order valence-electron chi connectivity index (χ0n) is 12.4. The van der Waals surface area contributed by atoms with Crippen LogP contribution < -0.4 is 10.1 Å². The van der Waals surface area contributed by atoms with Crippen molar-refractivity contribution in [3.05, 3.63) is 28.2 Å². The van der Waals surface area contributed by atoms with Gasteiger partial charge in [0.1, 0.15) is 5.75 Å². The van der Waals surface area contributed by atoms with Gasteiger partial charge in [0.25, 0.3) is 5.91 Å². The number of benzene rings is 1. The molecule has 3 rings (SSSR count). The number of carbonyl (C=O) groups excluding carboxylic acids is 1. The third kappa shape index (κ3) is 2.94. The fourth-order valence-electron chi connectivity index (χ4n) is 3.49. The lowest BCUT2D eigenvalue weighted by Gasteiger charge is -2.35. The van der Waals surface area contributed by atoms with E-state index in [1.165, 1.54) is 12.8 Å². The summed E-state index contributed by atoms with van der Waals surface area (Å²) in [6, 6.07) is 7.01. The van der Waals surface area contributed by atoms with Crippen molar-refractivity contribution >= 4 is 21.8 Å². The molecule has 0 radical (unpaired) electrons. The van der Waals surface area contributed by atoms with Gasteiger partial charge in [0.05, 0.1) is 12.7 Å². The van der Waals surface area contributed by atoms with E-state index in [2.05, 4.69) is 21.2 Å². The maximum Gasteiger partial charge on any atom is 0.255 e. The van der Waals surface area contributed by atoms with Crippen LogP contribution in [0.2, 0.25) is 0 Å². The molecule has 2 aliphatic rings. The second-order valence-electron chi connectivity index (χ2n) is 6.02. The van der Waals surface area contributed by atoms with Gasteiger partial charge in [-0.2, -0.15) is 0 Å². The van der Waals surface area contributed by atoms with Crippen molar-refractivity contribution in [2.45, 2.75) is 43.8 Å². The first-order chi connectivity index (χ1) is 10.1. The molecule has 2 unspecified atom stereocenters. The molecule has 1 aromatic carbocycles. The summed E-state index contributed by atoms with van der Waals surface area (Å²) in [6.45, 7) is 0. The molecule has 1 amide bonds. The number of rotatable bonds is 3. The first-order valence-electron chi connectivity index (χ1n) is 7.45. The number of piperidine rings is 1. The normalized spacial score (nSPS) is 27.5. The lowest BCUT2D eigenvalue weighted by atomic mass is 9.98. The summed E-state index contributed by atoms with van der Waals surface area (Å²) < 4.78 is 6.04. The molecular weight excluding hydrogens is 332 g/mol. The molecule has 2 heterocycles. The minimum Gasteiger partial charge on any atom is -0.497 e. The van der Waals surface area contributed by atoms with Crippen LogP contribution in [-0.2, 0) is 0 Å². The van der Waals surface area contributed by atoms with Gasteiger partial charge in [-0.3, -0.25) is 4.79 Å². The van der Waals surface area contributed by atoms with Gasteiger partial charge in [0, 0.05) is 29.6 Å². The molecule has 4 nitrogen and oxygen atoms in total. The third-order valence-electron chi connectivity index (χ3n) is 4.72. The van der Waals surface area contributed by atoms with E-state index in [4.69, 9.17) is 4.74 Å². The fourth-order valence-corrected chi connectivity index (χ4v) is 3.91. The van der Waals surface area contributed by atoms with E-state index in [-0.39, 0.29) is 5.91 Å². The largest absolute Gasteiger partial charge is 0.497 e. The highest BCUT2D eigenvalue weighted by molar-refractivity contribution is 9.10. The Morgan fingerprint density at radius 2 is 2.00 bits per heavy atom. The molecule has 2 bridgehead atoms. The standard InChI is InChI=1S/C16H21BrN2O2/c1-19(12-7-10-3-4-11(8-12)18-10)16(20)14-9-13(21-2)5-6-15(14)17/h5-6,9-12,18H,3-4,7-8H2,1-2H3. The van der Waals surface area contributed by atoms with Crippen LogP contribution in [-0.4, -0.2) is 43.1 Å². The van der Waals surface area contributed by atoms with Crippen molar-refractivity contribution in [1.82, 2.24) is 10.2 Å². The van der Waals surface area contributed by atoms with Crippen LogP contribution in [0.4, 0.5) is 0 Å². The van der Waals surface area contributed by atoms with Gasteiger partial charge in [-0.05, 0) is 59.8 Å². The molecule has 0 saturated carbocycles. The summed E-state index contributed by atoms with van der Waals surface area (Å²) in [7, 11) is 3.54. The average Bonchev–Trinajstić information content (AvgIpc) is 2.84. The first kappa shape index (κ1) is 14.9. The summed E-state index contributed by atoms with van der Waals surface area (Å²) in [5, 5.41) is 3.62. The van der Waals surface area contributed by atoms with Gasteiger partial charge >= 0.3 is 0 Å². The van der Waals surface area contributed by atoms with Gasteiger partial charge in [-0.1, -0.05) is 0 Å². The molecular formula is C16H21BrN2O2. The van der Waals surface area contributed by atoms with Crippen LogP contribution in [0, 0.1) is 0 Å². The number of nitrogens with one attached hydrogen (secondary N) is 1. The third-order valence-corrected chi connectivity index (χ3v) is 5.41. The summed E-state index contributed by atoms with van der Waals surface area (Å²) in [5.74, 6) is 0.771. The van der Waals surface area contributed by atoms with Crippen LogP contribution in [0.5, 0.6) is 5.75 Å². The molecule has 2 aliphatic heterocycles. The predicted octanol–water partition coefficient (Wildman–Crippen LogP) is 2.81. The predicted molar refractivity (Wildman–Crippen MR) is 85.8 cm³/mol. The molecule has 2 fully saturated rings. The zero-order valence-corrected chi connectivity index (χ0v) is 14.0. The quantitative estimate of drug-likeness (QED) is 0.909. The summed E-state index contributed by atoms with van der Waals surface area (Å²) in [6.07, 6.45) is 4.60. The van der Waals surface area contributed by atoms with Crippen molar-refractivity contribution in [1.29, 1.82) is 0 Å². The lowest BCUT2D eigenvalue weighted by Crippen LogP contribution is -2.48. The summed E-state index contributed by atoms with van der Waals surface area (Å²) in [4.78, 5) is 14.7. The molecule has 0 aromatic heterocycles. The smallest absolute Gasteiger partial charge is 0.255 e. The topological polar surface area (TPSA) is 41.6 Å². The van der Waals surface area contributed by atoms with Gasteiger partial charge < -0.3 is 15.0 Å². The Morgan fingerprint density at radius 1 is 1.33 bits per heavy atom. The zero-order chi connectivity index (χ0) is 15.0. The Balaban J connectivity index is 1.78. The minimum absolute atomic E-state index is 0.0621. The number of fused-ring (bicyclic) bond motifs is 2. The number of nitrogens with zero attached hydrogens (tertiary/aromatic N) is 1. The maximum absolute atomic E-state index is 12.8. The highest BCUT2D eigenvalue weighted by Crippen LogP contribution is 2.31. The van der Waals surface area contributed by atoms with Gasteiger partial charge in [-0.15, -0.1) is 0 Å². The van der Waals surface area contributed by atoms with E-state index in [0.717, 1.165) is 17.3 Å². The highest BCUT2D eigenvalue weighted by Gasteiger charge is 2.36. The fraction of sp³-hybridized carbons (Fsp3) is 0.562. The van der Waals surface area contributed by atoms with E-state index in [0.29, 0.717) is 29.4 Å². The molecule has 21 heavy (non-hydrogen) atoms. The number of ether oxygens (including phenoxy) is 1. The SMILES string of the molecule is COc1ccc(Br)c(C(=O)N(C)C2CC3CCC(C2)N3)c1. The molecule has 0 spiro atoms. The highest BCUT2D eigenvalue weighted by atomic mass is 79.9. The maximum atomic E-state index is 12.8. The van der Waals surface area contributed by atoms with E-state index >= 15 is 0 Å².